The van der Waals surface area contributed by atoms with Crippen molar-refractivity contribution in [2.45, 2.75) is 50.5 Å². The van der Waals surface area contributed by atoms with Crippen molar-refractivity contribution in [3.63, 3.8) is 0 Å². The molecule has 1 aliphatic heterocycles. The summed E-state index contributed by atoms with van der Waals surface area (Å²) in [5.74, 6) is 0.499. The van der Waals surface area contributed by atoms with Crippen LogP contribution in [0.5, 0.6) is 0 Å². The van der Waals surface area contributed by atoms with Crippen LogP contribution in [0.25, 0.3) is 0 Å². The van der Waals surface area contributed by atoms with Crippen LogP contribution in [-0.4, -0.2) is 12.1 Å². The Morgan fingerprint density at radius 2 is 2.11 bits per heavy atom. The zero-order valence-electron chi connectivity index (χ0n) is 11.2. The molecule has 1 saturated heterocycles. The van der Waals surface area contributed by atoms with Gasteiger partial charge in [-0.2, -0.15) is 0 Å². The van der Waals surface area contributed by atoms with Crippen molar-refractivity contribution in [2.24, 2.45) is 5.92 Å². The van der Waals surface area contributed by atoms with E-state index in [-0.39, 0.29) is 16.4 Å². The van der Waals surface area contributed by atoms with E-state index in [9.17, 15) is 4.39 Å². The molecule has 0 radical (unpaired) electrons. The molecule has 1 nitrogen and oxygen atoms in total. The third kappa shape index (κ3) is 2.80. The van der Waals surface area contributed by atoms with E-state index in [0.717, 1.165) is 24.4 Å². The molecular weight excluding hydrogens is 261 g/mol. The molecule has 1 aromatic rings. The minimum Gasteiger partial charge on any atom is -0.311 e. The van der Waals surface area contributed by atoms with Gasteiger partial charge < -0.3 is 5.32 Å². The largest absolute Gasteiger partial charge is 0.311 e. The number of hydrogen-bond donors (Lipinski definition) is 1. The Morgan fingerprint density at radius 3 is 2.89 bits per heavy atom. The van der Waals surface area contributed by atoms with Crippen LogP contribution < -0.4 is 5.32 Å². The summed E-state index contributed by atoms with van der Waals surface area (Å²) in [7, 11) is 0. The van der Waals surface area contributed by atoms with Gasteiger partial charge in [-0.15, -0.1) is 0 Å². The molecule has 1 saturated carbocycles. The van der Waals surface area contributed by atoms with Gasteiger partial charge in [0.1, 0.15) is 5.82 Å². The normalized spacial score (nSPS) is 28.1. The Morgan fingerprint density at radius 1 is 1.26 bits per heavy atom. The second-order valence-electron chi connectivity index (χ2n) is 6.06. The number of nitrogens with one attached hydrogen (secondary N) is 1. The Hall–Kier alpha value is -0.600. The maximum absolute atomic E-state index is 14.2. The average molecular weight is 282 g/mol. The smallest absolute Gasteiger partial charge is 0.145 e. The summed E-state index contributed by atoms with van der Waals surface area (Å²) in [6.45, 7) is 1.07. The van der Waals surface area contributed by atoms with Crippen LogP contribution >= 0.6 is 11.6 Å². The highest BCUT2D eigenvalue weighted by molar-refractivity contribution is 6.30. The van der Waals surface area contributed by atoms with Crippen LogP contribution in [0.4, 0.5) is 4.39 Å². The van der Waals surface area contributed by atoms with Crippen molar-refractivity contribution in [3.05, 3.63) is 34.6 Å². The number of halogens is 2. The first kappa shape index (κ1) is 13.4. The Kier molecular flexibility index (Phi) is 3.81. The van der Waals surface area contributed by atoms with Gasteiger partial charge in [0, 0.05) is 5.54 Å². The van der Waals surface area contributed by atoms with E-state index in [4.69, 9.17) is 11.6 Å². The van der Waals surface area contributed by atoms with Crippen molar-refractivity contribution in [1.29, 1.82) is 0 Å². The predicted molar refractivity (Wildman–Crippen MR) is 77.0 cm³/mol. The molecule has 1 unspecified atom stereocenters. The van der Waals surface area contributed by atoms with E-state index in [1.165, 1.54) is 38.5 Å². The first-order valence-corrected chi connectivity index (χ1v) is 7.77. The average Bonchev–Trinajstić information content (AvgIpc) is 3.22. The molecule has 1 atom stereocenters. The van der Waals surface area contributed by atoms with E-state index >= 15 is 0 Å². The van der Waals surface area contributed by atoms with Gasteiger partial charge in [0.15, 0.2) is 0 Å². The second-order valence-corrected chi connectivity index (χ2v) is 6.46. The molecule has 0 amide bonds. The zero-order valence-corrected chi connectivity index (χ0v) is 12.0. The highest BCUT2D eigenvalue weighted by atomic mass is 35.5. The van der Waals surface area contributed by atoms with Gasteiger partial charge in [0.25, 0.3) is 0 Å². The fourth-order valence-electron chi connectivity index (χ4n) is 3.47. The number of benzene rings is 1. The van der Waals surface area contributed by atoms with Crippen molar-refractivity contribution in [1.82, 2.24) is 5.32 Å². The molecule has 104 valence electrons. The van der Waals surface area contributed by atoms with E-state index in [1.807, 2.05) is 12.1 Å². The number of hydrogen-bond acceptors (Lipinski definition) is 1. The van der Waals surface area contributed by atoms with Crippen molar-refractivity contribution < 1.29 is 4.39 Å². The molecular formula is C16H21ClFN. The minimum atomic E-state index is -0.227. The summed E-state index contributed by atoms with van der Waals surface area (Å²) in [4.78, 5) is 0. The monoisotopic (exact) mass is 281 g/mol. The van der Waals surface area contributed by atoms with E-state index in [0.29, 0.717) is 0 Å². The summed E-state index contributed by atoms with van der Waals surface area (Å²) >= 11 is 5.91. The van der Waals surface area contributed by atoms with E-state index in [1.54, 1.807) is 6.07 Å². The summed E-state index contributed by atoms with van der Waals surface area (Å²) < 4.78 is 14.2. The molecule has 1 N–H and O–H groups in total. The Bertz CT molecular complexity index is 448. The summed E-state index contributed by atoms with van der Waals surface area (Å²) in [5, 5.41) is 3.99. The van der Waals surface area contributed by atoms with Gasteiger partial charge in [-0.3, -0.25) is 0 Å². The fourth-order valence-corrected chi connectivity index (χ4v) is 3.67. The molecule has 0 spiro atoms. The van der Waals surface area contributed by atoms with Crippen LogP contribution in [0.2, 0.25) is 5.02 Å². The lowest BCUT2D eigenvalue weighted by Gasteiger charge is -2.34. The van der Waals surface area contributed by atoms with Gasteiger partial charge in [0.2, 0.25) is 0 Å². The van der Waals surface area contributed by atoms with Gasteiger partial charge >= 0.3 is 0 Å². The molecule has 0 bridgehead atoms. The van der Waals surface area contributed by atoms with Gasteiger partial charge in [-0.25, -0.2) is 4.39 Å². The first-order valence-electron chi connectivity index (χ1n) is 7.39. The highest BCUT2D eigenvalue weighted by Crippen LogP contribution is 2.45. The molecule has 3 heteroatoms. The van der Waals surface area contributed by atoms with E-state index in [2.05, 4.69) is 5.32 Å². The molecule has 0 aromatic heterocycles. The third-order valence-electron chi connectivity index (χ3n) is 4.67. The SMILES string of the molecule is Fc1c(Cl)cccc1CC1(C2CC2)CCCCCN1. The molecule has 19 heavy (non-hydrogen) atoms. The summed E-state index contributed by atoms with van der Waals surface area (Å²) in [5.41, 5.74) is 0.885. The van der Waals surface area contributed by atoms with Gasteiger partial charge in [0.05, 0.1) is 5.02 Å². The van der Waals surface area contributed by atoms with Crippen LogP contribution in [0.1, 0.15) is 44.1 Å². The van der Waals surface area contributed by atoms with E-state index < -0.39 is 0 Å². The Balaban J connectivity index is 1.86. The lowest BCUT2D eigenvalue weighted by molar-refractivity contribution is 0.268. The van der Waals surface area contributed by atoms with Crippen LogP contribution in [0.15, 0.2) is 18.2 Å². The second kappa shape index (κ2) is 5.41. The lowest BCUT2D eigenvalue weighted by Crippen LogP contribution is -2.48. The third-order valence-corrected chi connectivity index (χ3v) is 4.96. The molecule has 1 aromatic carbocycles. The van der Waals surface area contributed by atoms with Crippen LogP contribution in [-0.2, 0) is 6.42 Å². The van der Waals surface area contributed by atoms with Crippen molar-refractivity contribution >= 4 is 11.6 Å². The van der Waals surface area contributed by atoms with Crippen LogP contribution in [0, 0.1) is 11.7 Å². The number of rotatable bonds is 3. The standard InChI is InChI=1S/C16H21ClFN/c17-14-6-4-5-12(15(14)18)11-16(13-7-8-13)9-2-1-3-10-19-16/h4-6,13,19H,1-3,7-11H2. The van der Waals surface area contributed by atoms with Gasteiger partial charge in [-0.05, 0) is 56.2 Å². The molecule has 2 fully saturated rings. The fraction of sp³-hybridized carbons (Fsp3) is 0.625. The highest BCUT2D eigenvalue weighted by Gasteiger charge is 2.45. The Labute approximate surface area is 119 Å². The van der Waals surface area contributed by atoms with Crippen molar-refractivity contribution in [2.75, 3.05) is 6.54 Å². The van der Waals surface area contributed by atoms with Crippen LogP contribution in [0.3, 0.4) is 0 Å². The first-order chi connectivity index (χ1) is 9.21. The van der Waals surface area contributed by atoms with Crippen molar-refractivity contribution in [3.8, 4) is 0 Å². The molecule has 3 rings (SSSR count). The lowest BCUT2D eigenvalue weighted by atomic mass is 9.82. The predicted octanol–water partition coefficient (Wildman–Crippen LogP) is 4.33. The zero-order chi connectivity index (χ0) is 13.3. The maximum atomic E-state index is 14.2. The summed E-state index contributed by atoms with van der Waals surface area (Å²) in [6.07, 6.45) is 8.32. The maximum Gasteiger partial charge on any atom is 0.145 e. The molecule has 2 aliphatic rings. The summed E-state index contributed by atoms with van der Waals surface area (Å²) in [6, 6.07) is 5.38. The molecule has 1 heterocycles. The minimum absolute atomic E-state index is 0.113. The quantitative estimate of drug-likeness (QED) is 0.869. The topological polar surface area (TPSA) is 12.0 Å². The molecule has 1 aliphatic carbocycles. The van der Waals surface area contributed by atoms with Gasteiger partial charge in [-0.1, -0.05) is 36.6 Å².